The first-order chi connectivity index (χ1) is 7.79. The fourth-order valence-electron chi connectivity index (χ4n) is 2.21. The van der Waals surface area contributed by atoms with Crippen LogP contribution in [0.1, 0.15) is 12.0 Å². The maximum Gasteiger partial charge on any atom is 0.0703 e. The highest BCUT2D eigenvalue weighted by Gasteiger charge is 2.26. The number of hydrogen-bond donors (Lipinski definition) is 1. The summed E-state index contributed by atoms with van der Waals surface area (Å²) in [6, 6.07) is 10.5. The van der Waals surface area contributed by atoms with Gasteiger partial charge in [-0.25, -0.2) is 0 Å². The van der Waals surface area contributed by atoms with Crippen LogP contribution in [0.15, 0.2) is 30.3 Å². The fraction of sp³-hybridized carbons (Fsp3) is 0.538. The van der Waals surface area contributed by atoms with Crippen molar-refractivity contribution in [3.05, 3.63) is 35.9 Å². The Morgan fingerprint density at radius 1 is 1.31 bits per heavy atom. The van der Waals surface area contributed by atoms with E-state index in [0.717, 1.165) is 31.4 Å². The third-order valence-corrected chi connectivity index (χ3v) is 4.08. The molecule has 1 N–H and O–H groups in total. The number of aliphatic hydroxyl groups excluding tert-OH is 1. The van der Waals surface area contributed by atoms with Crippen LogP contribution in [-0.2, 0) is 6.54 Å². The Bertz CT molecular complexity index is 317. The Hall–Kier alpha value is -0.380. The van der Waals surface area contributed by atoms with Gasteiger partial charge in [-0.1, -0.05) is 46.3 Å². The van der Waals surface area contributed by atoms with Gasteiger partial charge in [-0.05, 0) is 24.4 Å². The fourth-order valence-corrected chi connectivity index (χ4v) is 2.97. The van der Waals surface area contributed by atoms with E-state index < -0.39 is 0 Å². The van der Waals surface area contributed by atoms with E-state index in [1.807, 2.05) is 6.07 Å². The molecule has 1 heterocycles. The molecule has 88 valence electrons. The number of piperidine rings is 1. The summed E-state index contributed by atoms with van der Waals surface area (Å²) in [6.45, 7) is 2.83. The lowest BCUT2D eigenvalue weighted by Crippen LogP contribution is -2.43. The molecule has 0 radical (unpaired) electrons. The van der Waals surface area contributed by atoms with Gasteiger partial charge in [0.1, 0.15) is 0 Å². The minimum Gasteiger partial charge on any atom is -0.391 e. The lowest BCUT2D eigenvalue weighted by molar-refractivity contribution is 0.0282. The molecule has 2 nitrogen and oxygen atoms in total. The van der Waals surface area contributed by atoms with Gasteiger partial charge in [0, 0.05) is 18.4 Å². The summed E-state index contributed by atoms with van der Waals surface area (Å²) in [6.07, 6.45) is 0.899. The van der Waals surface area contributed by atoms with Crippen molar-refractivity contribution in [3.63, 3.8) is 0 Å². The minimum atomic E-state index is -0.183. The number of benzene rings is 1. The Morgan fingerprint density at radius 3 is 2.69 bits per heavy atom. The summed E-state index contributed by atoms with van der Waals surface area (Å²) in [7, 11) is 0. The molecule has 0 bridgehead atoms. The highest BCUT2D eigenvalue weighted by molar-refractivity contribution is 9.09. The van der Waals surface area contributed by atoms with Crippen molar-refractivity contribution in [3.8, 4) is 0 Å². The molecule has 1 saturated heterocycles. The van der Waals surface area contributed by atoms with Crippen LogP contribution < -0.4 is 0 Å². The molecule has 0 saturated carbocycles. The summed E-state index contributed by atoms with van der Waals surface area (Å²) in [5, 5.41) is 10.9. The summed E-state index contributed by atoms with van der Waals surface area (Å²) in [5.74, 6) is 0.423. The van der Waals surface area contributed by atoms with E-state index in [9.17, 15) is 5.11 Å². The average Bonchev–Trinajstić information content (AvgIpc) is 2.31. The molecule has 1 aliphatic heterocycles. The quantitative estimate of drug-likeness (QED) is 0.861. The molecule has 0 spiro atoms. The van der Waals surface area contributed by atoms with Gasteiger partial charge in [-0.3, -0.25) is 4.90 Å². The van der Waals surface area contributed by atoms with Crippen molar-refractivity contribution < 1.29 is 5.11 Å². The molecule has 0 aliphatic carbocycles. The van der Waals surface area contributed by atoms with Crippen LogP contribution in [-0.4, -0.2) is 34.5 Å². The van der Waals surface area contributed by atoms with E-state index in [1.54, 1.807) is 0 Å². The third kappa shape index (κ3) is 3.06. The van der Waals surface area contributed by atoms with E-state index >= 15 is 0 Å². The van der Waals surface area contributed by atoms with E-state index in [4.69, 9.17) is 0 Å². The second-order valence-electron chi connectivity index (χ2n) is 4.49. The van der Waals surface area contributed by atoms with Crippen molar-refractivity contribution in [2.24, 2.45) is 5.92 Å². The number of hydrogen-bond acceptors (Lipinski definition) is 2. The Morgan fingerprint density at radius 2 is 2.06 bits per heavy atom. The zero-order valence-electron chi connectivity index (χ0n) is 9.35. The standard InChI is InChI=1S/C13H18BrNO/c14-8-12-6-7-15(10-13(12)16)9-11-4-2-1-3-5-11/h1-5,12-13,16H,6-10H2/t12-,13-/m1/s1. The van der Waals surface area contributed by atoms with Crippen LogP contribution >= 0.6 is 15.9 Å². The smallest absolute Gasteiger partial charge is 0.0703 e. The zero-order chi connectivity index (χ0) is 11.4. The first-order valence-electron chi connectivity index (χ1n) is 5.80. The lowest BCUT2D eigenvalue weighted by Gasteiger charge is -2.35. The van der Waals surface area contributed by atoms with Crippen LogP contribution in [0.2, 0.25) is 0 Å². The molecule has 1 aromatic carbocycles. The minimum absolute atomic E-state index is 0.183. The third-order valence-electron chi connectivity index (χ3n) is 3.25. The monoisotopic (exact) mass is 283 g/mol. The highest BCUT2D eigenvalue weighted by Crippen LogP contribution is 2.21. The Kier molecular flexibility index (Phi) is 4.38. The topological polar surface area (TPSA) is 23.5 Å². The number of likely N-dealkylation sites (tertiary alicyclic amines) is 1. The van der Waals surface area contributed by atoms with Gasteiger partial charge in [0.2, 0.25) is 0 Å². The van der Waals surface area contributed by atoms with E-state index in [0.29, 0.717) is 5.92 Å². The predicted octanol–water partition coefficient (Wildman–Crippen LogP) is 2.26. The molecule has 2 rings (SSSR count). The number of aliphatic hydroxyl groups is 1. The molecular weight excluding hydrogens is 266 g/mol. The van der Waals surface area contributed by atoms with Crippen molar-refractivity contribution in [2.75, 3.05) is 18.4 Å². The Labute approximate surface area is 105 Å². The van der Waals surface area contributed by atoms with Crippen molar-refractivity contribution in [1.29, 1.82) is 0 Å². The van der Waals surface area contributed by atoms with Crippen molar-refractivity contribution >= 4 is 15.9 Å². The van der Waals surface area contributed by atoms with Crippen LogP contribution in [0.5, 0.6) is 0 Å². The number of rotatable bonds is 3. The van der Waals surface area contributed by atoms with Gasteiger partial charge in [0.05, 0.1) is 6.10 Å². The van der Waals surface area contributed by atoms with Crippen molar-refractivity contribution in [2.45, 2.75) is 19.1 Å². The summed E-state index contributed by atoms with van der Waals surface area (Å²) >= 11 is 3.46. The molecule has 16 heavy (non-hydrogen) atoms. The van der Waals surface area contributed by atoms with Crippen LogP contribution in [0.3, 0.4) is 0 Å². The number of β-amino-alcohol motifs (C(OH)–C–C–N with tert-alkyl or cyclic N) is 1. The Balaban J connectivity index is 1.89. The molecular formula is C13H18BrNO. The van der Waals surface area contributed by atoms with E-state index in [-0.39, 0.29) is 6.10 Å². The van der Waals surface area contributed by atoms with Gasteiger partial charge in [0.25, 0.3) is 0 Å². The maximum atomic E-state index is 9.95. The van der Waals surface area contributed by atoms with Crippen molar-refractivity contribution in [1.82, 2.24) is 4.90 Å². The van der Waals surface area contributed by atoms with Gasteiger partial charge in [0.15, 0.2) is 0 Å². The molecule has 2 atom stereocenters. The van der Waals surface area contributed by atoms with Crippen LogP contribution in [0.4, 0.5) is 0 Å². The molecule has 1 aromatic rings. The normalized spacial score (nSPS) is 26.9. The molecule has 1 aliphatic rings. The van der Waals surface area contributed by atoms with Gasteiger partial charge >= 0.3 is 0 Å². The number of halogens is 1. The molecule has 0 amide bonds. The van der Waals surface area contributed by atoms with E-state index in [2.05, 4.69) is 45.1 Å². The maximum absolute atomic E-state index is 9.95. The first kappa shape index (κ1) is 12.1. The average molecular weight is 284 g/mol. The highest BCUT2D eigenvalue weighted by atomic mass is 79.9. The van der Waals surface area contributed by atoms with Gasteiger partial charge in [-0.15, -0.1) is 0 Å². The molecule has 1 fully saturated rings. The second kappa shape index (κ2) is 5.80. The second-order valence-corrected chi connectivity index (χ2v) is 5.14. The summed E-state index contributed by atoms with van der Waals surface area (Å²) in [4.78, 5) is 2.33. The van der Waals surface area contributed by atoms with Crippen LogP contribution in [0, 0.1) is 5.92 Å². The summed E-state index contributed by atoms with van der Waals surface area (Å²) in [5.41, 5.74) is 1.33. The number of alkyl halides is 1. The molecule has 3 heteroatoms. The number of nitrogens with zero attached hydrogens (tertiary/aromatic N) is 1. The van der Waals surface area contributed by atoms with Gasteiger partial charge < -0.3 is 5.11 Å². The van der Waals surface area contributed by atoms with Gasteiger partial charge in [-0.2, -0.15) is 0 Å². The summed E-state index contributed by atoms with van der Waals surface area (Å²) < 4.78 is 0. The predicted molar refractivity (Wildman–Crippen MR) is 69.6 cm³/mol. The van der Waals surface area contributed by atoms with Crippen LogP contribution in [0.25, 0.3) is 0 Å². The SMILES string of the molecule is O[C@@H]1CN(Cc2ccccc2)CC[C@@H]1CBr. The lowest BCUT2D eigenvalue weighted by atomic mass is 9.95. The van der Waals surface area contributed by atoms with E-state index in [1.165, 1.54) is 5.56 Å². The largest absolute Gasteiger partial charge is 0.391 e. The molecule has 0 unspecified atom stereocenters. The first-order valence-corrected chi connectivity index (χ1v) is 6.92. The molecule has 0 aromatic heterocycles. The zero-order valence-corrected chi connectivity index (χ0v) is 10.9.